The van der Waals surface area contributed by atoms with Gasteiger partial charge in [0.05, 0.1) is 29.9 Å². The topological polar surface area (TPSA) is 182 Å². The average molecular weight is 476 g/mol. The Labute approximate surface area is 195 Å². The van der Waals surface area contributed by atoms with Crippen molar-refractivity contribution in [3.05, 3.63) is 51.6 Å². The summed E-state index contributed by atoms with van der Waals surface area (Å²) in [4.78, 5) is 36.4. The number of phenolic OH excluding ortho intramolecular Hbond substituents is 2. The summed E-state index contributed by atoms with van der Waals surface area (Å²) in [5.74, 6) is -4.65. The highest BCUT2D eigenvalue weighted by atomic mass is 16.5. The third-order valence-corrected chi connectivity index (χ3v) is 5.43. The van der Waals surface area contributed by atoms with E-state index in [2.05, 4.69) is 0 Å². The predicted octanol–water partition coefficient (Wildman–Crippen LogP) is 2.13. The fraction of sp³-hybridized carbons (Fsp3) is 0.375. The van der Waals surface area contributed by atoms with Crippen LogP contribution in [0.25, 0.3) is 0 Å². The second kappa shape index (κ2) is 10.6. The highest BCUT2D eigenvalue weighted by Gasteiger charge is 2.37. The van der Waals surface area contributed by atoms with Gasteiger partial charge in [0.1, 0.15) is 28.9 Å². The Kier molecular flexibility index (Phi) is 8.38. The first-order valence-electron chi connectivity index (χ1n) is 10.7. The van der Waals surface area contributed by atoms with Crippen molar-refractivity contribution in [1.29, 1.82) is 0 Å². The lowest BCUT2D eigenvalue weighted by molar-refractivity contribution is -0.115. The second-order valence-corrected chi connectivity index (χ2v) is 7.65. The van der Waals surface area contributed by atoms with Crippen LogP contribution in [0.2, 0.25) is 0 Å². The molecular formula is C24H28O10. The fourth-order valence-corrected chi connectivity index (χ4v) is 3.78. The van der Waals surface area contributed by atoms with Crippen LogP contribution in [-0.2, 0) is 4.74 Å². The Morgan fingerprint density at radius 1 is 0.912 bits per heavy atom. The van der Waals surface area contributed by atoms with E-state index in [0.29, 0.717) is 6.42 Å². The molecule has 10 heteroatoms. The van der Waals surface area contributed by atoms with Crippen LogP contribution in [-0.4, -0.2) is 73.1 Å². The fourth-order valence-electron chi connectivity index (χ4n) is 3.78. The molecule has 0 bridgehead atoms. The minimum atomic E-state index is -1.45. The van der Waals surface area contributed by atoms with Gasteiger partial charge in [-0.15, -0.1) is 0 Å². The van der Waals surface area contributed by atoms with E-state index in [4.69, 9.17) is 20.1 Å². The Balaban J connectivity index is 0.000000311. The highest BCUT2D eigenvalue weighted by molar-refractivity contribution is 6.31. The lowest BCUT2D eigenvalue weighted by atomic mass is 9.79. The van der Waals surface area contributed by atoms with Gasteiger partial charge < -0.3 is 35.4 Å². The van der Waals surface area contributed by atoms with Gasteiger partial charge in [-0.2, -0.15) is 0 Å². The summed E-state index contributed by atoms with van der Waals surface area (Å²) in [6, 6.07) is 3.03. The summed E-state index contributed by atoms with van der Waals surface area (Å²) in [6.07, 6.45) is -0.639. The molecule has 2 aromatic rings. The minimum absolute atomic E-state index is 0.0840. The standard InChI is InChI=1S/C16H10O7.C6H12O3.C2H6/c1-5-10-6(4-9(19)11(5)16(22)23)14(20)12-7(17)2-3-8(18)13(12)15(10)21;1-4-2-5(7)6(8)3-9-4;1-2/h2-4,17-19H,1H3,(H,22,23);4-8H,2-3H2,1H3;1-2H3/t;4?,5-,6?;/m.1./s1. The van der Waals surface area contributed by atoms with E-state index in [1.54, 1.807) is 0 Å². The highest BCUT2D eigenvalue weighted by Crippen LogP contribution is 2.40. The molecule has 2 aromatic carbocycles. The van der Waals surface area contributed by atoms with Gasteiger partial charge in [-0.1, -0.05) is 13.8 Å². The van der Waals surface area contributed by atoms with Gasteiger partial charge in [0.25, 0.3) is 0 Å². The zero-order valence-electron chi connectivity index (χ0n) is 19.2. The van der Waals surface area contributed by atoms with E-state index >= 15 is 0 Å². The third-order valence-electron chi connectivity index (χ3n) is 5.43. The van der Waals surface area contributed by atoms with Crippen molar-refractivity contribution in [1.82, 2.24) is 0 Å². The Morgan fingerprint density at radius 2 is 1.44 bits per heavy atom. The molecule has 0 spiro atoms. The molecule has 4 rings (SSSR count). The number of ether oxygens (including phenoxy) is 1. The number of ketones is 2. The van der Waals surface area contributed by atoms with Gasteiger partial charge in [0.2, 0.25) is 0 Å². The molecule has 6 N–H and O–H groups in total. The molecular weight excluding hydrogens is 448 g/mol. The molecule has 1 heterocycles. The maximum absolute atomic E-state index is 12.6. The number of aromatic hydroxyl groups is 3. The van der Waals surface area contributed by atoms with Gasteiger partial charge in [-0.25, -0.2) is 4.79 Å². The van der Waals surface area contributed by atoms with E-state index in [1.165, 1.54) is 6.92 Å². The van der Waals surface area contributed by atoms with Crippen molar-refractivity contribution in [2.45, 2.75) is 52.4 Å². The maximum atomic E-state index is 12.6. The number of fused-ring (bicyclic) bond motifs is 2. The van der Waals surface area contributed by atoms with Crippen molar-refractivity contribution in [2.75, 3.05) is 6.61 Å². The molecule has 1 fully saturated rings. The number of aliphatic hydroxyl groups excluding tert-OH is 2. The summed E-state index contributed by atoms with van der Waals surface area (Å²) in [5, 5.41) is 56.6. The summed E-state index contributed by atoms with van der Waals surface area (Å²) in [7, 11) is 0. The molecule has 1 aliphatic heterocycles. The molecule has 0 radical (unpaired) electrons. The molecule has 1 aliphatic carbocycles. The average Bonchev–Trinajstić information content (AvgIpc) is 2.77. The van der Waals surface area contributed by atoms with Crippen molar-refractivity contribution >= 4 is 17.5 Å². The van der Waals surface area contributed by atoms with Gasteiger partial charge in [-0.05, 0) is 37.6 Å². The van der Waals surface area contributed by atoms with Crippen molar-refractivity contribution in [3.63, 3.8) is 0 Å². The lowest BCUT2D eigenvalue weighted by Gasteiger charge is -2.27. The van der Waals surface area contributed by atoms with E-state index < -0.39 is 52.6 Å². The minimum Gasteiger partial charge on any atom is -0.507 e. The maximum Gasteiger partial charge on any atom is 0.339 e. The van der Waals surface area contributed by atoms with Gasteiger partial charge in [0, 0.05) is 17.5 Å². The number of carboxylic acid groups (broad SMARTS) is 1. The number of hydrogen-bond donors (Lipinski definition) is 6. The normalized spacial score (nSPS) is 20.7. The van der Waals surface area contributed by atoms with Crippen molar-refractivity contribution < 1.29 is 49.8 Å². The molecule has 10 nitrogen and oxygen atoms in total. The number of phenols is 3. The van der Waals surface area contributed by atoms with Crippen LogP contribution in [0.1, 0.15) is 75.0 Å². The quantitative estimate of drug-likeness (QED) is 0.285. The lowest BCUT2D eigenvalue weighted by Crippen LogP contribution is -2.39. The summed E-state index contributed by atoms with van der Waals surface area (Å²) in [5.41, 5.74) is -1.76. The van der Waals surface area contributed by atoms with Crippen LogP contribution in [0.3, 0.4) is 0 Å². The van der Waals surface area contributed by atoms with E-state index in [0.717, 1.165) is 18.2 Å². The van der Waals surface area contributed by atoms with Gasteiger partial charge in [0.15, 0.2) is 11.6 Å². The summed E-state index contributed by atoms with van der Waals surface area (Å²) in [6.45, 7) is 7.44. The Morgan fingerprint density at radius 3 is 1.91 bits per heavy atom. The predicted molar refractivity (Wildman–Crippen MR) is 120 cm³/mol. The van der Waals surface area contributed by atoms with Crippen LogP contribution in [0.15, 0.2) is 18.2 Å². The number of aliphatic hydroxyl groups is 2. The third kappa shape index (κ3) is 4.89. The van der Waals surface area contributed by atoms with E-state index in [1.807, 2.05) is 20.8 Å². The molecule has 0 amide bonds. The van der Waals surface area contributed by atoms with Crippen molar-refractivity contribution in [2.24, 2.45) is 0 Å². The second-order valence-electron chi connectivity index (χ2n) is 7.65. The first-order chi connectivity index (χ1) is 16.0. The van der Waals surface area contributed by atoms with Crippen LogP contribution in [0, 0.1) is 6.92 Å². The number of carbonyl (C=O) groups excluding carboxylic acids is 2. The number of carbonyl (C=O) groups is 3. The largest absolute Gasteiger partial charge is 0.507 e. The molecule has 184 valence electrons. The SMILES string of the molecule is CC.CC1C[C@@H](O)C(O)CO1.Cc1c(C(=O)O)c(O)cc2c1C(=O)c1c(O)ccc(O)c1C2=O. The summed E-state index contributed by atoms with van der Waals surface area (Å²) >= 11 is 0. The van der Waals surface area contributed by atoms with Crippen LogP contribution in [0.4, 0.5) is 0 Å². The molecule has 1 saturated heterocycles. The molecule has 2 aliphatic rings. The Bertz CT molecular complexity index is 1120. The number of aromatic carboxylic acids is 1. The first kappa shape index (κ1) is 26.8. The first-order valence-corrected chi connectivity index (χ1v) is 10.7. The molecule has 0 saturated carbocycles. The van der Waals surface area contributed by atoms with E-state index in [-0.39, 0.29) is 40.5 Å². The monoisotopic (exact) mass is 476 g/mol. The molecule has 34 heavy (non-hydrogen) atoms. The van der Waals surface area contributed by atoms with Crippen LogP contribution < -0.4 is 0 Å². The Hall–Kier alpha value is -3.47. The van der Waals surface area contributed by atoms with Gasteiger partial charge >= 0.3 is 5.97 Å². The van der Waals surface area contributed by atoms with Crippen LogP contribution >= 0.6 is 0 Å². The number of carboxylic acids is 1. The number of rotatable bonds is 1. The van der Waals surface area contributed by atoms with Gasteiger partial charge in [-0.3, -0.25) is 9.59 Å². The van der Waals surface area contributed by atoms with Crippen LogP contribution in [0.5, 0.6) is 17.2 Å². The van der Waals surface area contributed by atoms with Crippen molar-refractivity contribution in [3.8, 4) is 17.2 Å². The molecule has 3 atom stereocenters. The number of hydrogen-bond acceptors (Lipinski definition) is 9. The zero-order valence-corrected chi connectivity index (χ0v) is 19.2. The summed E-state index contributed by atoms with van der Waals surface area (Å²) < 4.78 is 5.05. The molecule has 0 aromatic heterocycles. The number of benzene rings is 2. The smallest absolute Gasteiger partial charge is 0.339 e. The molecule has 2 unspecified atom stereocenters. The van der Waals surface area contributed by atoms with E-state index in [9.17, 15) is 29.7 Å². The zero-order chi connectivity index (χ0) is 25.9.